The van der Waals surface area contributed by atoms with E-state index in [1.807, 2.05) is 0 Å². The molecule has 0 aliphatic rings. The van der Waals surface area contributed by atoms with Crippen molar-refractivity contribution in [2.24, 2.45) is 0 Å². The predicted octanol–water partition coefficient (Wildman–Crippen LogP) is 7.13. The Kier molecular flexibility index (Phi) is 7.13. The SMILES string of the molecule is Nc1cccc(OC(=C(C(F)(C(F)(F)F)C(F)(F)F)C(F)(C(F)(F)F)C(F)(F)F)C(F)(F)F)c1. The minimum absolute atomic E-state index is 0.0749. The number of alkyl halides is 17. The first-order chi connectivity index (χ1) is 14.7. The normalized spacial score (nSPS) is 14.7. The number of allylic oxidation sites excluding steroid dienone is 2. The molecule has 0 radical (unpaired) electrons. The molecule has 0 atom stereocenters. The largest absolute Gasteiger partial charge is 0.452 e. The topological polar surface area (TPSA) is 35.2 Å². The minimum Gasteiger partial charge on any atom is -0.452 e. The van der Waals surface area contributed by atoms with Crippen LogP contribution < -0.4 is 10.5 Å². The summed E-state index contributed by atoms with van der Waals surface area (Å²) in [4.78, 5) is 0. The molecule has 2 N–H and O–H groups in total. The van der Waals surface area contributed by atoms with Crippen LogP contribution in [0.25, 0.3) is 0 Å². The van der Waals surface area contributed by atoms with Gasteiger partial charge in [0.1, 0.15) is 5.75 Å². The average Bonchev–Trinajstić information content (AvgIpc) is 2.55. The Morgan fingerprint density at radius 2 is 0.941 bits per heavy atom. The van der Waals surface area contributed by atoms with Crippen molar-refractivity contribution >= 4 is 5.69 Å². The van der Waals surface area contributed by atoms with Crippen molar-refractivity contribution in [3.8, 4) is 5.75 Å². The van der Waals surface area contributed by atoms with Gasteiger partial charge >= 0.3 is 42.2 Å². The van der Waals surface area contributed by atoms with Crippen molar-refractivity contribution in [1.29, 1.82) is 0 Å². The fourth-order valence-corrected chi connectivity index (χ4v) is 2.39. The highest BCUT2D eigenvalue weighted by atomic mass is 19.4. The summed E-state index contributed by atoms with van der Waals surface area (Å²) in [5.41, 5.74) is -17.7. The van der Waals surface area contributed by atoms with Gasteiger partial charge in [-0.1, -0.05) is 6.07 Å². The van der Waals surface area contributed by atoms with E-state index in [4.69, 9.17) is 5.73 Å². The molecule has 0 bridgehead atoms. The molecule has 1 rings (SSSR count). The number of hydrogen-bond acceptors (Lipinski definition) is 2. The van der Waals surface area contributed by atoms with Gasteiger partial charge in [-0.05, 0) is 12.1 Å². The third-order valence-electron chi connectivity index (χ3n) is 3.81. The molecule has 196 valence electrons. The van der Waals surface area contributed by atoms with E-state index in [9.17, 15) is 74.6 Å². The number of nitrogen functional groups attached to an aromatic ring is 1. The fourth-order valence-electron chi connectivity index (χ4n) is 2.39. The van der Waals surface area contributed by atoms with E-state index in [1.54, 1.807) is 0 Å². The van der Waals surface area contributed by atoms with Crippen LogP contribution in [0.5, 0.6) is 5.75 Å². The first-order valence-electron chi connectivity index (χ1n) is 7.73. The van der Waals surface area contributed by atoms with Crippen molar-refractivity contribution in [3.05, 3.63) is 35.6 Å². The number of halogens is 17. The van der Waals surface area contributed by atoms with Gasteiger partial charge in [0.05, 0.1) is 5.57 Å². The standard InChI is InChI=1S/C15H6F17NO/c16-9(12(21,22)23,13(24,25)26)7(10(17,14(27,28)29)15(30,31)32)8(11(18,19)20)34-6-3-1-2-5(33)4-6/h1-4H,33H2. The third kappa shape index (κ3) is 4.91. The smallest absolute Gasteiger partial charge is 0.449 e. The van der Waals surface area contributed by atoms with E-state index in [-0.39, 0.29) is 12.1 Å². The molecule has 0 saturated heterocycles. The first kappa shape index (κ1) is 29.4. The van der Waals surface area contributed by atoms with Gasteiger partial charge in [-0.2, -0.15) is 65.9 Å². The van der Waals surface area contributed by atoms with Crippen LogP contribution in [0.2, 0.25) is 0 Å². The van der Waals surface area contributed by atoms with Crippen molar-refractivity contribution in [2.45, 2.75) is 42.2 Å². The summed E-state index contributed by atoms with van der Waals surface area (Å²) in [7, 11) is 0. The number of benzene rings is 1. The summed E-state index contributed by atoms with van der Waals surface area (Å²) in [5.74, 6) is -6.28. The summed E-state index contributed by atoms with van der Waals surface area (Å²) in [6.07, 6.45) is -39.4. The Labute approximate surface area is 175 Å². The van der Waals surface area contributed by atoms with E-state index >= 15 is 0 Å². The molecule has 34 heavy (non-hydrogen) atoms. The molecule has 1 aromatic rings. The van der Waals surface area contributed by atoms with Gasteiger partial charge in [0.25, 0.3) is 0 Å². The number of hydrogen-bond donors (Lipinski definition) is 1. The number of nitrogens with two attached hydrogens (primary N) is 1. The van der Waals surface area contributed by atoms with Gasteiger partial charge in [-0.3, -0.25) is 0 Å². The van der Waals surface area contributed by atoms with Gasteiger partial charge in [-0.15, -0.1) is 0 Å². The van der Waals surface area contributed by atoms with Crippen LogP contribution >= 0.6 is 0 Å². The number of anilines is 1. The molecule has 1 aromatic carbocycles. The maximum absolute atomic E-state index is 14.4. The van der Waals surface area contributed by atoms with E-state index in [0.29, 0.717) is 6.07 Å². The lowest BCUT2D eigenvalue weighted by Gasteiger charge is -2.41. The van der Waals surface area contributed by atoms with Crippen LogP contribution in [0, 0.1) is 0 Å². The Morgan fingerprint density at radius 1 is 0.588 bits per heavy atom. The lowest BCUT2D eigenvalue weighted by atomic mass is 9.79. The molecular weight excluding hydrogens is 533 g/mol. The Morgan fingerprint density at radius 3 is 1.21 bits per heavy atom. The van der Waals surface area contributed by atoms with E-state index in [0.717, 1.165) is 6.07 Å². The molecule has 0 spiro atoms. The van der Waals surface area contributed by atoms with Crippen molar-refractivity contribution in [3.63, 3.8) is 0 Å². The summed E-state index contributed by atoms with van der Waals surface area (Å²) in [5, 5.41) is 0. The van der Waals surface area contributed by atoms with Crippen LogP contribution in [-0.2, 0) is 0 Å². The predicted molar refractivity (Wildman–Crippen MR) is 76.5 cm³/mol. The van der Waals surface area contributed by atoms with E-state index in [2.05, 4.69) is 4.74 Å². The average molecular weight is 539 g/mol. The van der Waals surface area contributed by atoms with E-state index in [1.165, 1.54) is 0 Å². The molecule has 19 heteroatoms. The van der Waals surface area contributed by atoms with E-state index < -0.39 is 65.0 Å². The third-order valence-corrected chi connectivity index (χ3v) is 3.81. The van der Waals surface area contributed by atoms with Crippen LogP contribution in [-0.4, -0.2) is 42.2 Å². The highest BCUT2D eigenvalue weighted by Gasteiger charge is 2.88. The molecular formula is C15H6F17NO. The molecule has 0 aromatic heterocycles. The lowest BCUT2D eigenvalue weighted by Crippen LogP contribution is -2.67. The van der Waals surface area contributed by atoms with Crippen LogP contribution in [0.15, 0.2) is 35.6 Å². The summed E-state index contributed by atoms with van der Waals surface area (Å²) >= 11 is 0. The van der Waals surface area contributed by atoms with Gasteiger partial charge in [0.2, 0.25) is 5.76 Å². The molecule has 2 nitrogen and oxygen atoms in total. The molecule has 0 amide bonds. The molecule has 0 unspecified atom stereocenters. The Hall–Kier alpha value is -2.63. The second-order valence-corrected chi connectivity index (χ2v) is 6.18. The lowest BCUT2D eigenvalue weighted by molar-refractivity contribution is -0.365. The zero-order valence-electron chi connectivity index (χ0n) is 15.2. The van der Waals surface area contributed by atoms with Crippen molar-refractivity contribution in [2.75, 3.05) is 5.73 Å². The highest BCUT2D eigenvalue weighted by Crippen LogP contribution is 2.63. The second-order valence-electron chi connectivity index (χ2n) is 6.18. The molecule has 0 heterocycles. The maximum Gasteiger partial charge on any atom is 0.449 e. The van der Waals surface area contributed by atoms with Crippen LogP contribution in [0.1, 0.15) is 0 Å². The number of rotatable bonds is 4. The summed E-state index contributed by atoms with van der Waals surface area (Å²) < 4.78 is 229. The molecule has 0 aliphatic heterocycles. The quantitative estimate of drug-likeness (QED) is 0.251. The van der Waals surface area contributed by atoms with Gasteiger partial charge < -0.3 is 10.5 Å². The van der Waals surface area contributed by atoms with Gasteiger partial charge in [-0.25, -0.2) is 8.78 Å². The van der Waals surface area contributed by atoms with Gasteiger partial charge in [0, 0.05) is 11.8 Å². The molecule has 0 aliphatic carbocycles. The Balaban J connectivity index is 4.51. The molecule has 0 saturated carbocycles. The Bertz CT molecular complexity index is 847. The minimum atomic E-state index is -8.22. The van der Waals surface area contributed by atoms with Crippen molar-refractivity contribution in [1.82, 2.24) is 0 Å². The zero-order valence-corrected chi connectivity index (χ0v) is 15.2. The fraction of sp³-hybridized carbons (Fsp3) is 0.467. The maximum atomic E-state index is 14.4. The van der Waals surface area contributed by atoms with Gasteiger partial charge in [0.15, 0.2) is 0 Å². The monoisotopic (exact) mass is 539 g/mol. The number of ether oxygens (including phenoxy) is 1. The van der Waals surface area contributed by atoms with Crippen LogP contribution in [0.3, 0.4) is 0 Å². The van der Waals surface area contributed by atoms with Crippen molar-refractivity contribution < 1.29 is 79.4 Å². The summed E-state index contributed by atoms with van der Waals surface area (Å²) in [6, 6.07) is 1.53. The zero-order chi connectivity index (χ0) is 27.3. The van der Waals surface area contributed by atoms with Crippen LogP contribution in [0.4, 0.5) is 80.3 Å². The second kappa shape index (κ2) is 8.24. The highest BCUT2D eigenvalue weighted by molar-refractivity contribution is 5.46. The molecule has 0 fully saturated rings. The summed E-state index contributed by atoms with van der Waals surface area (Å²) in [6.45, 7) is 0. The first-order valence-corrected chi connectivity index (χ1v) is 7.73.